The van der Waals surface area contributed by atoms with Gasteiger partial charge >= 0.3 is 5.97 Å². The molecule has 1 aromatic heterocycles. The third kappa shape index (κ3) is 9.20. The highest BCUT2D eigenvalue weighted by Gasteiger charge is 2.32. The number of aliphatic carboxylic acids is 1. The van der Waals surface area contributed by atoms with E-state index in [9.17, 15) is 34.2 Å². The van der Waals surface area contributed by atoms with Gasteiger partial charge < -0.3 is 42.6 Å². The fourth-order valence-electron chi connectivity index (χ4n) is 3.53. The second-order valence-electron chi connectivity index (χ2n) is 9.12. The van der Waals surface area contributed by atoms with Crippen molar-refractivity contribution in [3.8, 4) is 5.75 Å². The number of nitrogens with zero attached hydrogens (tertiary/aromatic N) is 1. The first-order valence-corrected chi connectivity index (χ1v) is 11.8. The molecule has 0 unspecified atom stereocenters. The zero-order valence-electron chi connectivity index (χ0n) is 21.0. The number of carbonyl (C=O) groups excluding carboxylic acids is 4. The van der Waals surface area contributed by atoms with Crippen molar-refractivity contribution >= 4 is 29.6 Å². The van der Waals surface area contributed by atoms with Crippen molar-refractivity contribution in [3.05, 3.63) is 48.0 Å². The van der Waals surface area contributed by atoms with E-state index in [0.717, 1.165) is 0 Å². The maximum atomic E-state index is 13.2. The molecule has 4 atom stereocenters. The number of aromatic nitrogens is 2. The number of rotatable bonds is 14. The maximum Gasteiger partial charge on any atom is 0.326 e. The van der Waals surface area contributed by atoms with Crippen LogP contribution in [0.25, 0.3) is 0 Å². The summed E-state index contributed by atoms with van der Waals surface area (Å²) in [6.07, 6.45) is 2.29. The smallest absolute Gasteiger partial charge is 0.326 e. The van der Waals surface area contributed by atoms with Crippen molar-refractivity contribution in [2.45, 2.75) is 57.3 Å². The zero-order valence-corrected chi connectivity index (χ0v) is 21.0. The number of aromatic hydroxyl groups is 1. The van der Waals surface area contributed by atoms with Crippen molar-refractivity contribution < 1.29 is 34.2 Å². The number of carboxylic acids is 1. The summed E-state index contributed by atoms with van der Waals surface area (Å²) < 4.78 is 0. The molecule has 0 bridgehead atoms. The molecule has 2 aromatic rings. The van der Waals surface area contributed by atoms with Gasteiger partial charge in [0.25, 0.3) is 0 Å². The largest absolute Gasteiger partial charge is 0.508 e. The van der Waals surface area contributed by atoms with E-state index >= 15 is 0 Å². The molecule has 0 spiro atoms. The molecule has 0 saturated carbocycles. The normalized spacial score (nSPS) is 14.1. The number of hydrogen-bond donors (Lipinski definition) is 8. The van der Waals surface area contributed by atoms with Gasteiger partial charge in [-0.15, -0.1) is 0 Å². The van der Waals surface area contributed by atoms with Crippen LogP contribution in [-0.2, 0) is 36.8 Å². The highest BCUT2D eigenvalue weighted by molar-refractivity contribution is 5.95. The highest BCUT2D eigenvalue weighted by atomic mass is 16.4. The lowest BCUT2D eigenvalue weighted by molar-refractivity contribution is -0.142. The number of carboxylic acid groups (broad SMARTS) is 1. The molecule has 14 heteroatoms. The number of benzene rings is 1. The van der Waals surface area contributed by atoms with E-state index < -0.39 is 66.1 Å². The third-order valence-corrected chi connectivity index (χ3v) is 5.61. The van der Waals surface area contributed by atoms with Gasteiger partial charge in [0.1, 0.15) is 23.9 Å². The van der Waals surface area contributed by atoms with Gasteiger partial charge in [-0.2, -0.15) is 0 Å². The molecule has 206 valence electrons. The van der Waals surface area contributed by atoms with Crippen LogP contribution in [0.3, 0.4) is 0 Å². The van der Waals surface area contributed by atoms with Crippen LogP contribution in [0.4, 0.5) is 0 Å². The Hall–Kier alpha value is -4.46. The summed E-state index contributed by atoms with van der Waals surface area (Å²) >= 11 is 0. The Morgan fingerprint density at radius 3 is 2.11 bits per heavy atom. The average molecular weight is 532 g/mol. The van der Waals surface area contributed by atoms with Crippen molar-refractivity contribution in [2.24, 2.45) is 17.4 Å². The molecule has 1 heterocycles. The minimum absolute atomic E-state index is 0.00868. The standard InChI is InChI=1S/C24H33N7O7/c1-12(2)20(31-21(34)16(25)9-19(26)33)23(36)29-17(8-14-10-27-11-28-14)22(35)30-18(24(37)38)7-13-3-5-15(32)6-4-13/h3-6,10-12,16-18,20,32H,7-9,25H2,1-2H3,(H2,26,33)(H,27,28)(H,29,36)(H,30,35)(H,31,34)(H,37,38)/t16-,17-,18-,20-/m0/s1. The quantitative estimate of drug-likeness (QED) is 0.138. The monoisotopic (exact) mass is 531 g/mol. The Balaban J connectivity index is 2.19. The molecular weight excluding hydrogens is 498 g/mol. The van der Waals surface area contributed by atoms with Crippen molar-refractivity contribution in [2.75, 3.05) is 0 Å². The van der Waals surface area contributed by atoms with E-state index in [4.69, 9.17) is 11.5 Å². The highest BCUT2D eigenvalue weighted by Crippen LogP contribution is 2.12. The first-order valence-electron chi connectivity index (χ1n) is 11.8. The van der Waals surface area contributed by atoms with E-state index in [0.29, 0.717) is 11.3 Å². The van der Waals surface area contributed by atoms with E-state index in [2.05, 4.69) is 25.9 Å². The number of nitrogens with one attached hydrogen (secondary N) is 4. The van der Waals surface area contributed by atoms with Crippen LogP contribution in [0.1, 0.15) is 31.5 Å². The van der Waals surface area contributed by atoms with Crippen molar-refractivity contribution in [3.63, 3.8) is 0 Å². The number of carbonyl (C=O) groups is 5. The molecule has 0 fully saturated rings. The number of primary amides is 1. The first kappa shape index (κ1) is 29.8. The molecule has 0 aliphatic rings. The third-order valence-electron chi connectivity index (χ3n) is 5.61. The molecule has 14 nitrogen and oxygen atoms in total. The number of aromatic amines is 1. The molecule has 0 aliphatic heterocycles. The molecule has 0 radical (unpaired) electrons. The van der Waals surface area contributed by atoms with Gasteiger partial charge in [-0.05, 0) is 23.6 Å². The summed E-state index contributed by atoms with van der Waals surface area (Å²) in [6.45, 7) is 3.32. The number of hydrogen-bond acceptors (Lipinski definition) is 8. The van der Waals surface area contributed by atoms with Crippen molar-refractivity contribution in [1.82, 2.24) is 25.9 Å². The van der Waals surface area contributed by atoms with Crippen LogP contribution in [0.2, 0.25) is 0 Å². The Morgan fingerprint density at radius 2 is 1.58 bits per heavy atom. The Bertz CT molecular complexity index is 1120. The Labute approximate surface area is 218 Å². The predicted molar refractivity (Wildman–Crippen MR) is 134 cm³/mol. The predicted octanol–water partition coefficient (Wildman–Crippen LogP) is -1.70. The van der Waals surface area contributed by atoms with E-state index in [1.807, 2.05) is 0 Å². The van der Waals surface area contributed by atoms with Gasteiger partial charge in [-0.3, -0.25) is 19.2 Å². The van der Waals surface area contributed by atoms with E-state index in [-0.39, 0.29) is 18.6 Å². The molecule has 2 rings (SSSR count). The summed E-state index contributed by atoms with van der Waals surface area (Å²) in [5.74, 6) is -4.77. The van der Waals surface area contributed by atoms with Crippen LogP contribution in [0, 0.1) is 5.92 Å². The molecule has 4 amide bonds. The maximum absolute atomic E-state index is 13.2. The lowest BCUT2D eigenvalue weighted by Crippen LogP contribution is -2.59. The van der Waals surface area contributed by atoms with Gasteiger partial charge in [0.2, 0.25) is 23.6 Å². The second-order valence-corrected chi connectivity index (χ2v) is 9.12. The van der Waals surface area contributed by atoms with Crippen LogP contribution in [-0.4, -0.2) is 73.9 Å². The molecule has 0 aliphatic carbocycles. The Kier molecular flexibility index (Phi) is 10.8. The van der Waals surface area contributed by atoms with Crippen LogP contribution >= 0.6 is 0 Å². The summed E-state index contributed by atoms with van der Waals surface area (Å²) in [4.78, 5) is 68.4. The summed E-state index contributed by atoms with van der Waals surface area (Å²) in [5, 5.41) is 26.6. The fraction of sp³-hybridized carbons (Fsp3) is 0.417. The molecule has 10 N–H and O–H groups in total. The molecule has 0 saturated heterocycles. The van der Waals surface area contributed by atoms with Gasteiger partial charge in [0, 0.05) is 24.7 Å². The summed E-state index contributed by atoms with van der Waals surface area (Å²) in [7, 11) is 0. The van der Waals surface area contributed by atoms with Crippen LogP contribution < -0.4 is 27.4 Å². The number of phenolic OH excluding ortho intramolecular Hbond substituents is 1. The molecule has 1 aromatic carbocycles. The Morgan fingerprint density at radius 1 is 0.947 bits per heavy atom. The van der Waals surface area contributed by atoms with Crippen LogP contribution in [0.15, 0.2) is 36.8 Å². The SMILES string of the molecule is CC(C)[C@H](NC(=O)[C@@H](N)CC(N)=O)C(=O)N[C@@H](Cc1cnc[nH]1)C(=O)N[C@@H](Cc1ccc(O)cc1)C(=O)O. The lowest BCUT2D eigenvalue weighted by Gasteiger charge is -2.26. The lowest BCUT2D eigenvalue weighted by atomic mass is 10.0. The molecule has 38 heavy (non-hydrogen) atoms. The van der Waals surface area contributed by atoms with Crippen LogP contribution in [0.5, 0.6) is 5.75 Å². The van der Waals surface area contributed by atoms with Crippen molar-refractivity contribution in [1.29, 1.82) is 0 Å². The minimum atomic E-state index is -1.33. The second kappa shape index (κ2) is 13.7. The summed E-state index contributed by atoms with van der Waals surface area (Å²) in [6, 6.07) is 0.899. The average Bonchev–Trinajstić information content (AvgIpc) is 3.35. The number of nitrogens with two attached hydrogens (primary N) is 2. The summed E-state index contributed by atoms with van der Waals surface area (Å²) in [5.41, 5.74) is 11.8. The van der Waals surface area contributed by atoms with E-state index in [1.54, 1.807) is 13.8 Å². The fourth-order valence-corrected chi connectivity index (χ4v) is 3.53. The van der Waals surface area contributed by atoms with Gasteiger partial charge in [-0.1, -0.05) is 26.0 Å². The van der Waals surface area contributed by atoms with Gasteiger partial charge in [0.15, 0.2) is 0 Å². The van der Waals surface area contributed by atoms with Gasteiger partial charge in [-0.25, -0.2) is 9.78 Å². The number of imidazole rings is 1. The number of phenols is 1. The number of H-pyrrole nitrogens is 1. The topological polar surface area (TPSA) is 243 Å². The zero-order chi connectivity index (χ0) is 28.4. The number of amides is 4. The van der Waals surface area contributed by atoms with Gasteiger partial charge in [0.05, 0.1) is 18.8 Å². The minimum Gasteiger partial charge on any atom is -0.508 e. The first-order chi connectivity index (χ1) is 17.9. The molecular formula is C24H33N7O7. The van der Waals surface area contributed by atoms with E-state index in [1.165, 1.54) is 36.8 Å².